The first-order valence-electron chi connectivity index (χ1n) is 20.0. The molecule has 0 radical (unpaired) electrons. The standard InChI is InChI=1S/C42H65N3O9/c1-29(2)18-19-36-41(5,54-36)39-38(50-6)35(20-21-42(39)28-52-42)53-37(48)24-32(30(3)4)27-51-40(49)43-22-14-9-7-8-13-17-34(47)25-44-45-33(26-46)23-31-15-11-10-12-16-31/h10-12,15-16,18,26,30,32-33,35-36,38-39,44-45H,7-9,13-14,17,19-25,27-28H2,1-6H3,(H,43,49)/t32-,33-,35?,36+,38?,39?,41?,42-/m0/s1. The molecule has 1 aromatic rings. The molecule has 0 bridgehead atoms. The van der Waals surface area contributed by atoms with Gasteiger partial charge in [0.25, 0.3) is 0 Å². The summed E-state index contributed by atoms with van der Waals surface area (Å²) in [5, 5.41) is 2.81. The van der Waals surface area contributed by atoms with Gasteiger partial charge in [0.15, 0.2) is 0 Å². The minimum absolute atomic E-state index is 0.0421. The Balaban J connectivity index is 1.06. The zero-order valence-corrected chi connectivity index (χ0v) is 33.4. The summed E-state index contributed by atoms with van der Waals surface area (Å²) >= 11 is 0. The van der Waals surface area contributed by atoms with Crippen LogP contribution >= 0.6 is 0 Å². The summed E-state index contributed by atoms with van der Waals surface area (Å²) in [5.74, 6) is -0.352. The number of amides is 1. The normalized spacial score (nSPS) is 26.8. The fourth-order valence-electron chi connectivity index (χ4n) is 7.76. The van der Waals surface area contributed by atoms with Crippen LogP contribution in [0.4, 0.5) is 4.79 Å². The first kappa shape index (κ1) is 43.6. The van der Waals surface area contributed by atoms with Crippen LogP contribution in [0.1, 0.15) is 104 Å². The van der Waals surface area contributed by atoms with Crippen molar-refractivity contribution in [3.8, 4) is 0 Å². The second-order valence-electron chi connectivity index (χ2n) is 16.1. The Morgan fingerprint density at radius 2 is 1.78 bits per heavy atom. The van der Waals surface area contributed by atoms with E-state index < -0.39 is 23.8 Å². The van der Waals surface area contributed by atoms with Crippen molar-refractivity contribution in [1.82, 2.24) is 16.2 Å². The van der Waals surface area contributed by atoms with Gasteiger partial charge < -0.3 is 33.8 Å². The van der Waals surface area contributed by atoms with Crippen molar-refractivity contribution in [3.05, 3.63) is 47.5 Å². The molecule has 2 heterocycles. The lowest BCUT2D eigenvalue weighted by molar-refractivity contribution is -0.173. The molecule has 8 atom stereocenters. The zero-order valence-electron chi connectivity index (χ0n) is 33.4. The highest BCUT2D eigenvalue weighted by Crippen LogP contribution is 2.59. The second kappa shape index (κ2) is 21.2. The summed E-state index contributed by atoms with van der Waals surface area (Å²) < 4.78 is 30.0. The number of aldehydes is 1. The molecule has 2 aliphatic heterocycles. The molecule has 1 amide bonds. The monoisotopic (exact) mass is 755 g/mol. The first-order chi connectivity index (χ1) is 25.9. The Hall–Kier alpha value is -3.16. The smallest absolute Gasteiger partial charge is 0.407 e. The van der Waals surface area contributed by atoms with Crippen molar-refractivity contribution < 1.29 is 42.9 Å². The molecular weight excluding hydrogens is 690 g/mol. The Labute approximate surface area is 322 Å². The Kier molecular flexibility index (Phi) is 17.1. The molecule has 3 fully saturated rings. The average Bonchev–Trinajstić information content (AvgIpc) is 4.06. The van der Waals surface area contributed by atoms with Crippen LogP contribution in [0.5, 0.6) is 0 Å². The summed E-state index contributed by atoms with van der Waals surface area (Å²) in [5.41, 5.74) is 7.43. The van der Waals surface area contributed by atoms with Crippen LogP contribution in [-0.4, -0.2) is 93.1 Å². The number of hydrazine groups is 1. The highest BCUT2D eigenvalue weighted by molar-refractivity contribution is 5.80. The van der Waals surface area contributed by atoms with Crippen LogP contribution in [0.25, 0.3) is 0 Å². The van der Waals surface area contributed by atoms with Crippen molar-refractivity contribution in [2.45, 2.75) is 141 Å². The summed E-state index contributed by atoms with van der Waals surface area (Å²) in [6.45, 7) is 11.8. The zero-order chi connectivity index (χ0) is 39.1. The number of ether oxygens (including phenoxy) is 5. The van der Waals surface area contributed by atoms with Crippen LogP contribution in [0.3, 0.4) is 0 Å². The lowest BCUT2D eigenvalue weighted by Crippen LogP contribution is -2.55. The topological polar surface area (TPSA) is 157 Å². The third-order valence-corrected chi connectivity index (χ3v) is 11.3. The molecule has 1 saturated carbocycles. The quantitative estimate of drug-likeness (QED) is 0.0277. The third kappa shape index (κ3) is 13.3. The third-order valence-electron chi connectivity index (χ3n) is 11.3. The molecule has 2 saturated heterocycles. The van der Waals surface area contributed by atoms with Crippen molar-refractivity contribution in [1.29, 1.82) is 0 Å². The van der Waals surface area contributed by atoms with Crippen LogP contribution in [0, 0.1) is 17.8 Å². The Morgan fingerprint density at radius 1 is 1.06 bits per heavy atom. The van der Waals surface area contributed by atoms with Gasteiger partial charge in [-0.05, 0) is 70.8 Å². The largest absolute Gasteiger partial charge is 0.460 e. The molecule has 1 aromatic carbocycles. The first-order valence-corrected chi connectivity index (χ1v) is 20.0. The van der Waals surface area contributed by atoms with Crippen LogP contribution in [0.15, 0.2) is 42.0 Å². The minimum atomic E-state index is -0.494. The van der Waals surface area contributed by atoms with Gasteiger partial charge in [-0.1, -0.05) is 75.1 Å². The van der Waals surface area contributed by atoms with Gasteiger partial charge in [-0.15, -0.1) is 0 Å². The number of hydrogen-bond acceptors (Lipinski definition) is 11. The number of ketones is 1. The molecule has 302 valence electrons. The second-order valence-corrected chi connectivity index (χ2v) is 16.1. The van der Waals surface area contributed by atoms with Gasteiger partial charge in [0, 0.05) is 26.0 Å². The van der Waals surface area contributed by atoms with Gasteiger partial charge >= 0.3 is 12.1 Å². The Morgan fingerprint density at radius 3 is 2.44 bits per heavy atom. The number of nitrogens with one attached hydrogen (secondary N) is 3. The summed E-state index contributed by atoms with van der Waals surface area (Å²) in [4.78, 5) is 49.3. The molecule has 54 heavy (non-hydrogen) atoms. The highest BCUT2D eigenvalue weighted by Gasteiger charge is 2.72. The van der Waals surface area contributed by atoms with Gasteiger partial charge in [0.2, 0.25) is 0 Å². The minimum Gasteiger partial charge on any atom is -0.460 e. The van der Waals surface area contributed by atoms with Crippen LogP contribution in [-0.2, 0) is 44.5 Å². The van der Waals surface area contributed by atoms with E-state index >= 15 is 0 Å². The van der Waals surface area contributed by atoms with Crippen molar-refractivity contribution in [2.24, 2.45) is 17.8 Å². The molecule has 3 N–H and O–H groups in total. The number of esters is 1. The van der Waals surface area contributed by atoms with E-state index in [0.29, 0.717) is 32.4 Å². The van der Waals surface area contributed by atoms with Crippen LogP contribution in [0.2, 0.25) is 0 Å². The average molecular weight is 756 g/mol. The van der Waals surface area contributed by atoms with Gasteiger partial charge in [0.05, 0.1) is 44.2 Å². The maximum Gasteiger partial charge on any atom is 0.407 e. The summed E-state index contributed by atoms with van der Waals surface area (Å²) in [6.07, 6.45) is 9.73. The molecule has 12 heteroatoms. The summed E-state index contributed by atoms with van der Waals surface area (Å²) in [7, 11) is 1.67. The van der Waals surface area contributed by atoms with Gasteiger partial charge in [-0.25, -0.2) is 15.6 Å². The molecule has 4 unspecified atom stereocenters. The van der Waals surface area contributed by atoms with E-state index in [-0.39, 0.29) is 66.9 Å². The predicted octanol–water partition coefficient (Wildman–Crippen LogP) is 5.81. The molecule has 0 aromatic heterocycles. The lowest BCUT2D eigenvalue weighted by atomic mass is 9.68. The number of methoxy groups -OCH3 is 1. The number of carbonyl (C=O) groups is 4. The highest BCUT2D eigenvalue weighted by atomic mass is 16.6. The summed E-state index contributed by atoms with van der Waals surface area (Å²) in [6, 6.07) is 9.32. The molecule has 3 aliphatic rings. The predicted molar refractivity (Wildman–Crippen MR) is 206 cm³/mol. The van der Waals surface area contributed by atoms with Gasteiger partial charge in [-0.2, -0.15) is 0 Å². The molecule has 1 spiro atoms. The van der Waals surface area contributed by atoms with E-state index in [9.17, 15) is 19.2 Å². The number of alkyl carbamates (subject to hydrolysis) is 1. The van der Waals surface area contributed by atoms with E-state index in [4.69, 9.17) is 23.7 Å². The lowest BCUT2D eigenvalue weighted by Gasteiger charge is -2.42. The fraction of sp³-hybridized carbons (Fsp3) is 0.714. The molecule has 1 aliphatic carbocycles. The molecule has 4 rings (SSSR count). The molecule has 12 nitrogen and oxygen atoms in total. The van der Waals surface area contributed by atoms with E-state index in [1.807, 2.05) is 44.2 Å². The number of hydrogen-bond donors (Lipinski definition) is 3. The van der Waals surface area contributed by atoms with Gasteiger partial charge in [0.1, 0.15) is 35.5 Å². The fourth-order valence-corrected chi connectivity index (χ4v) is 7.76. The van der Waals surface area contributed by atoms with E-state index in [1.54, 1.807) is 7.11 Å². The van der Waals surface area contributed by atoms with Crippen molar-refractivity contribution in [2.75, 3.05) is 33.4 Å². The Bertz CT molecular complexity index is 1380. The number of allylic oxidation sites excluding steroid dienone is 1. The number of rotatable bonds is 25. The number of unbranched alkanes of at least 4 members (excludes halogenated alkanes) is 4. The van der Waals surface area contributed by atoms with Gasteiger partial charge in [-0.3, -0.25) is 9.59 Å². The number of carbonyl (C=O) groups excluding carboxylic acids is 4. The number of benzene rings is 1. The maximum atomic E-state index is 13.3. The van der Waals surface area contributed by atoms with Crippen molar-refractivity contribution >= 4 is 24.1 Å². The SMILES string of the molecule is COC1C(OC(=O)C[C@@H](COC(=O)NCCCCCCCC(=O)CNN[C@H](C=O)Cc2ccccc2)C(C)C)CC[C@]2(CO2)C1C1(C)O[C@@H]1CC=C(C)C. The van der Waals surface area contributed by atoms with Crippen molar-refractivity contribution in [3.63, 3.8) is 0 Å². The number of epoxide rings is 2. The maximum absolute atomic E-state index is 13.3. The van der Waals surface area contributed by atoms with E-state index in [1.165, 1.54) is 5.57 Å². The van der Waals surface area contributed by atoms with E-state index in [0.717, 1.165) is 56.8 Å². The van der Waals surface area contributed by atoms with Crippen LogP contribution < -0.4 is 16.2 Å². The van der Waals surface area contributed by atoms with E-state index in [2.05, 4.69) is 43.0 Å². The number of Topliss-reactive ketones (excluding diaryl/α,β-unsaturated/α-hetero) is 1. The molecular formula is C42H65N3O9.